The minimum atomic E-state index is -0.501. The Bertz CT molecular complexity index is 267. The van der Waals surface area contributed by atoms with Crippen LogP contribution in [0, 0.1) is 10.1 Å². The Morgan fingerprint density at radius 3 is 2.64 bits per heavy atom. The Labute approximate surface area is 63.8 Å². The fraction of sp³-hybridized carbons (Fsp3) is 0.500. The Hall–Kier alpha value is -1.39. The highest BCUT2D eigenvalue weighted by Gasteiger charge is 2.11. The second-order valence-electron chi connectivity index (χ2n) is 2.50. The van der Waals surface area contributed by atoms with Crippen molar-refractivity contribution in [1.82, 2.24) is 9.78 Å². The van der Waals surface area contributed by atoms with Gasteiger partial charge in [-0.25, -0.2) is 0 Å². The van der Waals surface area contributed by atoms with Crippen LogP contribution in [0.4, 0.5) is 5.82 Å². The van der Waals surface area contributed by atoms with Gasteiger partial charge >= 0.3 is 5.82 Å². The van der Waals surface area contributed by atoms with Crippen molar-refractivity contribution < 1.29 is 4.92 Å². The molecule has 1 aromatic rings. The lowest BCUT2D eigenvalue weighted by Crippen LogP contribution is -2.01. The first-order valence-corrected chi connectivity index (χ1v) is 3.31. The van der Waals surface area contributed by atoms with E-state index in [4.69, 9.17) is 0 Å². The minimum Gasteiger partial charge on any atom is -0.358 e. The number of rotatable bonds is 2. The van der Waals surface area contributed by atoms with Crippen LogP contribution in [0.1, 0.15) is 19.9 Å². The molecule has 0 aromatic carbocycles. The average Bonchev–Trinajstić information content (AvgIpc) is 2.33. The molecule has 60 valence electrons. The van der Waals surface area contributed by atoms with Gasteiger partial charge in [0.25, 0.3) is 0 Å². The van der Waals surface area contributed by atoms with E-state index < -0.39 is 4.92 Å². The van der Waals surface area contributed by atoms with E-state index >= 15 is 0 Å². The van der Waals surface area contributed by atoms with Crippen molar-refractivity contribution in [3.63, 3.8) is 0 Å². The van der Waals surface area contributed by atoms with Gasteiger partial charge in [-0.1, -0.05) is 0 Å². The summed E-state index contributed by atoms with van der Waals surface area (Å²) in [4.78, 5) is 9.67. The summed E-state index contributed by atoms with van der Waals surface area (Å²) >= 11 is 0. The molecule has 1 heterocycles. The molecule has 0 saturated carbocycles. The molecule has 0 spiro atoms. The van der Waals surface area contributed by atoms with Crippen molar-refractivity contribution in [2.75, 3.05) is 0 Å². The summed E-state index contributed by atoms with van der Waals surface area (Å²) in [5.41, 5.74) is 0. The van der Waals surface area contributed by atoms with Gasteiger partial charge in [-0.3, -0.25) is 0 Å². The van der Waals surface area contributed by atoms with Gasteiger partial charge in [0.15, 0.2) is 0 Å². The lowest BCUT2D eigenvalue weighted by molar-refractivity contribution is -0.389. The van der Waals surface area contributed by atoms with Crippen LogP contribution in [-0.4, -0.2) is 14.7 Å². The van der Waals surface area contributed by atoms with Crippen molar-refractivity contribution in [3.8, 4) is 0 Å². The topological polar surface area (TPSA) is 61.0 Å². The largest absolute Gasteiger partial charge is 0.389 e. The molecule has 5 nitrogen and oxygen atoms in total. The SMILES string of the molecule is CC(C)n1ccc([N+](=O)[O-])n1. The molecule has 0 N–H and O–H groups in total. The van der Waals surface area contributed by atoms with E-state index in [0.29, 0.717) is 0 Å². The lowest BCUT2D eigenvalue weighted by Gasteiger charge is -1.96. The molecule has 0 aliphatic carbocycles. The van der Waals surface area contributed by atoms with Gasteiger partial charge in [0, 0.05) is 0 Å². The Kier molecular flexibility index (Phi) is 1.89. The van der Waals surface area contributed by atoms with Crippen LogP contribution in [0.5, 0.6) is 0 Å². The van der Waals surface area contributed by atoms with Gasteiger partial charge in [-0.2, -0.15) is 4.68 Å². The molecule has 0 atom stereocenters. The highest BCUT2D eigenvalue weighted by atomic mass is 16.6. The van der Waals surface area contributed by atoms with Crippen LogP contribution in [0.15, 0.2) is 12.3 Å². The highest BCUT2D eigenvalue weighted by molar-refractivity contribution is 5.14. The van der Waals surface area contributed by atoms with Gasteiger partial charge in [0.2, 0.25) is 0 Å². The number of nitrogens with zero attached hydrogens (tertiary/aromatic N) is 3. The van der Waals surface area contributed by atoms with E-state index in [1.165, 1.54) is 6.07 Å². The molecule has 0 aliphatic heterocycles. The molecule has 0 amide bonds. The summed E-state index contributed by atoms with van der Waals surface area (Å²) in [6.45, 7) is 3.83. The average molecular weight is 155 g/mol. The number of hydrogen-bond acceptors (Lipinski definition) is 3. The summed E-state index contributed by atoms with van der Waals surface area (Å²) in [6, 6.07) is 1.56. The maximum Gasteiger partial charge on any atom is 0.389 e. The second-order valence-corrected chi connectivity index (χ2v) is 2.50. The third-order valence-electron chi connectivity index (χ3n) is 1.31. The summed E-state index contributed by atoms with van der Waals surface area (Å²) in [6.07, 6.45) is 1.60. The quantitative estimate of drug-likeness (QED) is 0.478. The zero-order valence-corrected chi connectivity index (χ0v) is 6.39. The monoisotopic (exact) mass is 155 g/mol. The first-order chi connectivity index (χ1) is 5.11. The molecule has 0 fully saturated rings. The van der Waals surface area contributed by atoms with Crippen molar-refractivity contribution in [2.24, 2.45) is 0 Å². The molecule has 0 radical (unpaired) electrons. The predicted molar refractivity (Wildman–Crippen MR) is 39.3 cm³/mol. The number of nitro groups is 1. The van der Waals surface area contributed by atoms with Crippen LogP contribution >= 0.6 is 0 Å². The molecule has 1 rings (SSSR count). The molecule has 11 heavy (non-hydrogen) atoms. The Morgan fingerprint density at radius 1 is 1.73 bits per heavy atom. The van der Waals surface area contributed by atoms with Crippen LogP contribution in [0.25, 0.3) is 0 Å². The molecular formula is C6H9N3O2. The molecule has 5 heteroatoms. The van der Waals surface area contributed by atoms with Crippen molar-refractivity contribution >= 4 is 5.82 Å². The zero-order valence-electron chi connectivity index (χ0n) is 6.39. The molecule has 1 aromatic heterocycles. The van der Waals surface area contributed by atoms with E-state index in [1.807, 2.05) is 13.8 Å². The van der Waals surface area contributed by atoms with Gasteiger partial charge in [0.1, 0.15) is 0 Å². The molecule has 0 bridgehead atoms. The van der Waals surface area contributed by atoms with Crippen LogP contribution in [0.3, 0.4) is 0 Å². The first-order valence-electron chi connectivity index (χ1n) is 3.31. The Balaban J connectivity index is 2.90. The minimum absolute atomic E-state index is 0.0984. The number of hydrogen-bond donors (Lipinski definition) is 0. The van der Waals surface area contributed by atoms with Crippen LogP contribution in [0.2, 0.25) is 0 Å². The number of aromatic nitrogens is 2. The summed E-state index contributed by atoms with van der Waals surface area (Å²) in [5.74, 6) is -0.0984. The van der Waals surface area contributed by atoms with E-state index in [2.05, 4.69) is 5.10 Å². The van der Waals surface area contributed by atoms with Gasteiger partial charge in [-0.15, -0.1) is 0 Å². The molecule has 0 unspecified atom stereocenters. The standard InChI is InChI=1S/C6H9N3O2/c1-5(2)8-4-3-6(7-8)9(10)11/h3-5H,1-2H3. The predicted octanol–water partition coefficient (Wildman–Crippen LogP) is 1.37. The maximum atomic E-state index is 10.2. The fourth-order valence-electron chi connectivity index (χ4n) is 0.713. The van der Waals surface area contributed by atoms with Gasteiger partial charge < -0.3 is 10.1 Å². The van der Waals surface area contributed by atoms with E-state index in [0.717, 1.165) is 0 Å². The molecular weight excluding hydrogens is 146 g/mol. The molecule has 0 aliphatic rings. The Morgan fingerprint density at radius 2 is 2.36 bits per heavy atom. The lowest BCUT2D eigenvalue weighted by atomic mass is 10.4. The van der Waals surface area contributed by atoms with Crippen LogP contribution < -0.4 is 0 Å². The van der Waals surface area contributed by atoms with Crippen molar-refractivity contribution in [2.45, 2.75) is 19.9 Å². The third kappa shape index (κ3) is 1.54. The van der Waals surface area contributed by atoms with E-state index in [-0.39, 0.29) is 11.9 Å². The smallest absolute Gasteiger partial charge is 0.358 e. The summed E-state index contributed by atoms with van der Waals surface area (Å²) in [5, 5.41) is 13.9. The third-order valence-corrected chi connectivity index (χ3v) is 1.31. The highest BCUT2D eigenvalue weighted by Crippen LogP contribution is 2.09. The summed E-state index contributed by atoms with van der Waals surface area (Å²) in [7, 11) is 0. The second kappa shape index (κ2) is 2.69. The summed E-state index contributed by atoms with van der Waals surface area (Å²) < 4.78 is 1.55. The fourth-order valence-corrected chi connectivity index (χ4v) is 0.713. The van der Waals surface area contributed by atoms with Crippen molar-refractivity contribution in [1.29, 1.82) is 0 Å². The van der Waals surface area contributed by atoms with E-state index in [9.17, 15) is 10.1 Å². The van der Waals surface area contributed by atoms with Crippen LogP contribution in [-0.2, 0) is 0 Å². The maximum absolute atomic E-state index is 10.2. The van der Waals surface area contributed by atoms with E-state index in [1.54, 1.807) is 10.9 Å². The molecule has 0 saturated heterocycles. The van der Waals surface area contributed by atoms with Gasteiger partial charge in [-0.05, 0) is 18.8 Å². The van der Waals surface area contributed by atoms with Gasteiger partial charge in [0.05, 0.1) is 23.4 Å². The normalized spacial score (nSPS) is 10.5. The zero-order chi connectivity index (χ0) is 8.43. The van der Waals surface area contributed by atoms with Crippen molar-refractivity contribution in [3.05, 3.63) is 22.4 Å². The first kappa shape index (κ1) is 7.71.